The molecule has 65 heavy (non-hydrogen) atoms. The molecule has 0 saturated carbocycles. The van der Waals surface area contributed by atoms with E-state index in [0.717, 1.165) is 77.3 Å². The van der Waals surface area contributed by atoms with E-state index in [2.05, 4.69) is 234 Å². The molecule has 14 aromatic rings. The molecule has 302 valence electrons. The maximum Gasteiger partial charge on any atom is 0.160 e. The van der Waals surface area contributed by atoms with E-state index >= 15 is 0 Å². The molecule has 10 aromatic carbocycles. The minimum Gasteiger partial charge on any atom is -0.454 e. The Morgan fingerprint density at radius 2 is 0.831 bits per heavy atom. The van der Waals surface area contributed by atoms with Crippen LogP contribution >= 0.6 is 0 Å². The first-order valence-corrected chi connectivity index (χ1v) is 22.2. The fourth-order valence-corrected chi connectivity index (χ4v) is 10.6. The Balaban J connectivity index is 0.986. The van der Waals surface area contributed by atoms with Crippen molar-refractivity contribution in [1.82, 2.24) is 14.1 Å². The van der Waals surface area contributed by atoms with Crippen molar-refractivity contribution in [2.24, 2.45) is 0 Å². The van der Waals surface area contributed by atoms with Gasteiger partial charge in [0, 0.05) is 59.7 Å². The highest BCUT2D eigenvalue weighted by Gasteiger charge is 2.24. The van der Waals surface area contributed by atoms with Crippen LogP contribution in [0, 0.1) is 0 Å². The Morgan fingerprint density at radius 1 is 0.323 bits per heavy atom. The van der Waals surface area contributed by atoms with Gasteiger partial charge >= 0.3 is 0 Å². The van der Waals surface area contributed by atoms with E-state index in [9.17, 15) is 0 Å². The minimum absolute atomic E-state index is 0.859. The van der Waals surface area contributed by atoms with Gasteiger partial charge in [-0.25, -0.2) is 4.98 Å². The lowest BCUT2D eigenvalue weighted by Gasteiger charge is -2.15. The molecule has 0 bridgehead atoms. The zero-order chi connectivity index (χ0) is 42.6. The van der Waals surface area contributed by atoms with Gasteiger partial charge in [0.1, 0.15) is 5.58 Å². The molecule has 4 heteroatoms. The lowest BCUT2D eigenvalue weighted by atomic mass is 9.95. The van der Waals surface area contributed by atoms with E-state index in [1.54, 1.807) is 0 Å². The summed E-state index contributed by atoms with van der Waals surface area (Å²) >= 11 is 0. The quantitative estimate of drug-likeness (QED) is 0.162. The normalized spacial score (nSPS) is 12.0. The molecule has 0 atom stereocenters. The highest BCUT2D eigenvalue weighted by molar-refractivity contribution is 6.30. The average Bonchev–Trinajstić information content (AvgIpc) is 4.04. The molecule has 4 heterocycles. The zero-order valence-corrected chi connectivity index (χ0v) is 35.1. The van der Waals surface area contributed by atoms with Gasteiger partial charge in [-0.15, -0.1) is 0 Å². The zero-order valence-electron chi connectivity index (χ0n) is 35.1. The third kappa shape index (κ3) is 5.35. The summed E-state index contributed by atoms with van der Waals surface area (Å²) in [6.07, 6.45) is 0. The summed E-state index contributed by atoms with van der Waals surface area (Å²) in [6.45, 7) is 0. The largest absolute Gasteiger partial charge is 0.454 e. The van der Waals surface area contributed by atoms with E-state index in [1.807, 2.05) is 0 Å². The molecule has 0 spiro atoms. The second-order valence-electron chi connectivity index (χ2n) is 17.0. The molecule has 0 saturated heterocycles. The van der Waals surface area contributed by atoms with Gasteiger partial charge in [-0.1, -0.05) is 158 Å². The topological polar surface area (TPSA) is 35.9 Å². The Morgan fingerprint density at radius 3 is 1.52 bits per heavy atom. The summed E-state index contributed by atoms with van der Waals surface area (Å²) in [7, 11) is 0. The molecule has 0 aliphatic carbocycles. The fraction of sp³-hybridized carbons (Fsp3) is 0. The van der Waals surface area contributed by atoms with Gasteiger partial charge in [-0.3, -0.25) is 0 Å². The van der Waals surface area contributed by atoms with Crippen LogP contribution in [0.4, 0.5) is 0 Å². The summed E-state index contributed by atoms with van der Waals surface area (Å²) in [4.78, 5) is 5.37. The van der Waals surface area contributed by atoms with Crippen molar-refractivity contribution in [1.29, 1.82) is 0 Å². The standard InChI is InChI=1S/C61H37N3O/c1-3-15-38(16-4-1)39-27-31-43(32-28-39)63-52-24-12-8-19-44(52)48-35-41(29-33-54(48)63)42-30-34-55-49(36-42)45-20-9-13-25-53(45)64(55)56-37-50-58(59-47-22-10-14-26-57(47)65-61(56)59)46-21-7-11-23-51(46)62-60(50)40-17-5-2-6-18-40/h1-37H. The average molecular weight is 828 g/mol. The third-order valence-corrected chi connectivity index (χ3v) is 13.5. The Bertz CT molecular complexity index is 4210. The molecule has 0 aliphatic heterocycles. The predicted molar refractivity (Wildman–Crippen MR) is 272 cm³/mol. The number of furan rings is 1. The van der Waals surface area contributed by atoms with Crippen LogP contribution in [0.5, 0.6) is 0 Å². The highest BCUT2D eigenvalue weighted by atomic mass is 16.3. The summed E-state index contributed by atoms with van der Waals surface area (Å²) in [6, 6.07) is 80.7. The predicted octanol–water partition coefficient (Wildman–Crippen LogP) is 16.5. The number of benzene rings is 10. The maximum absolute atomic E-state index is 6.99. The molecule has 0 N–H and O–H groups in total. The molecule has 4 nitrogen and oxygen atoms in total. The van der Waals surface area contributed by atoms with Gasteiger partial charge in [-0.2, -0.15) is 0 Å². The monoisotopic (exact) mass is 827 g/mol. The first kappa shape index (κ1) is 35.8. The SMILES string of the molecule is c1ccc(-c2ccc(-n3c4ccccc4c4cc(-c5ccc6c(c5)c5ccccc5n6-c5cc6c(-c7ccccc7)nc7ccccc7c6c6c5oc5ccccc56)ccc43)cc2)cc1. The molecular formula is C61H37N3O. The van der Waals surface area contributed by atoms with Crippen LogP contribution in [-0.4, -0.2) is 14.1 Å². The van der Waals surface area contributed by atoms with Gasteiger partial charge in [0.25, 0.3) is 0 Å². The molecule has 14 rings (SSSR count). The molecule has 0 amide bonds. The van der Waals surface area contributed by atoms with E-state index in [4.69, 9.17) is 9.40 Å². The lowest BCUT2D eigenvalue weighted by molar-refractivity contribution is 0.666. The Labute approximate surface area is 373 Å². The van der Waals surface area contributed by atoms with Crippen LogP contribution in [0.3, 0.4) is 0 Å². The number of pyridine rings is 1. The van der Waals surface area contributed by atoms with Crippen LogP contribution < -0.4 is 0 Å². The molecule has 0 radical (unpaired) electrons. The Hall–Kier alpha value is -8.73. The number of nitrogens with zero attached hydrogens (tertiary/aromatic N) is 3. The summed E-state index contributed by atoms with van der Waals surface area (Å²) in [5, 5.41) is 10.4. The number of aromatic nitrogens is 3. The van der Waals surface area contributed by atoms with Crippen molar-refractivity contribution in [3.8, 4) is 44.9 Å². The third-order valence-electron chi connectivity index (χ3n) is 13.5. The Kier molecular flexibility index (Phi) is 7.65. The van der Waals surface area contributed by atoms with Crippen LogP contribution in [0.2, 0.25) is 0 Å². The number of hydrogen-bond donors (Lipinski definition) is 0. The maximum atomic E-state index is 6.99. The number of hydrogen-bond acceptors (Lipinski definition) is 2. The minimum atomic E-state index is 0.859. The van der Waals surface area contributed by atoms with Crippen molar-refractivity contribution >= 4 is 87.2 Å². The van der Waals surface area contributed by atoms with Crippen molar-refractivity contribution in [2.75, 3.05) is 0 Å². The van der Waals surface area contributed by atoms with Crippen molar-refractivity contribution in [3.05, 3.63) is 224 Å². The van der Waals surface area contributed by atoms with Gasteiger partial charge in [0.05, 0.1) is 39.0 Å². The highest BCUT2D eigenvalue weighted by Crippen LogP contribution is 2.46. The second-order valence-corrected chi connectivity index (χ2v) is 17.0. The van der Waals surface area contributed by atoms with Crippen LogP contribution in [0.15, 0.2) is 229 Å². The van der Waals surface area contributed by atoms with E-state index in [0.29, 0.717) is 0 Å². The number of rotatable bonds is 5. The fourth-order valence-electron chi connectivity index (χ4n) is 10.6. The summed E-state index contributed by atoms with van der Waals surface area (Å²) < 4.78 is 11.8. The van der Waals surface area contributed by atoms with Gasteiger partial charge in [0.15, 0.2) is 5.58 Å². The summed E-state index contributed by atoms with van der Waals surface area (Å²) in [5.41, 5.74) is 16.2. The van der Waals surface area contributed by atoms with E-state index in [-0.39, 0.29) is 0 Å². The lowest BCUT2D eigenvalue weighted by Crippen LogP contribution is -1.97. The van der Waals surface area contributed by atoms with Gasteiger partial charge < -0.3 is 13.6 Å². The first-order valence-electron chi connectivity index (χ1n) is 22.2. The number of fused-ring (bicyclic) bond motifs is 13. The first-order chi connectivity index (χ1) is 32.2. The van der Waals surface area contributed by atoms with E-state index < -0.39 is 0 Å². The second kappa shape index (κ2) is 13.9. The van der Waals surface area contributed by atoms with Crippen LogP contribution in [0.1, 0.15) is 0 Å². The van der Waals surface area contributed by atoms with Crippen LogP contribution in [0.25, 0.3) is 132 Å². The van der Waals surface area contributed by atoms with Crippen molar-refractivity contribution < 1.29 is 4.42 Å². The van der Waals surface area contributed by atoms with Crippen LogP contribution in [-0.2, 0) is 0 Å². The van der Waals surface area contributed by atoms with Gasteiger partial charge in [0.2, 0.25) is 0 Å². The number of para-hydroxylation sites is 4. The molecule has 0 unspecified atom stereocenters. The molecular weight excluding hydrogens is 791 g/mol. The van der Waals surface area contributed by atoms with Crippen molar-refractivity contribution in [3.63, 3.8) is 0 Å². The molecule has 0 aliphatic rings. The molecule has 0 fully saturated rings. The van der Waals surface area contributed by atoms with Gasteiger partial charge in [-0.05, 0) is 89.0 Å². The molecule has 4 aromatic heterocycles. The summed E-state index contributed by atoms with van der Waals surface area (Å²) in [5.74, 6) is 0. The smallest absolute Gasteiger partial charge is 0.160 e. The van der Waals surface area contributed by atoms with Crippen molar-refractivity contribution in [2.45, 2.75) is 0 Å². The van der Waals surface area contributed by atoms with E-state index in [1.165, 1.54) is 54.8 Å².